The molecule has 9 nitrogen and oxygen atoms in total. The zero-order valence-electron chi connectivity index (χ0n) is 18.1. The second-order valence-corrected chi connectivity index (χ2v) is 10.3. The van der Waals surface area contributed by atoms with Gasteiger partial charge >= 0.3 is 16.2 Å². The molecule has 0 N–H and O–H groups in total. The molecule has 1 aliphatic rings. The zero-order chi connectivity index (χ0) is 23.3. The van der Waals surface area contributed by atoms with Crippen LogP contribution in [0.3, 0.4) is 0 Å². The number of carbonyl (C=O) groups excluding carboxylic acids is 1. The number of nitrogens with zero attached hydrogens (tertiary/aromatic N) is 4. The van der Waals surface area contributed by atoms with E-state index in [1.807, 2.05) is 20.8 Å². The predicted molar refractivity (Wildman–Crippen MR) is 114 cm³/mol. The number of fused-ring (bicyclic) bond motifs is 1. The Bertz CT molecular complexity index is 1290. The summed E-state index contributed by atoms with van der Waals surface area (Å²) in [5, 5.41) is 8.44. The van der Waals surface area contributed by atoms with Crippen molar-refractivity contribution in [2.24, 2.45) is 0 Å². The number of rotatable bonds is 4. The standard InChI is InChI=1S/C21H23FN4O5S/c1-21(2,3)30-20(27)25-10-14(11-25)19-24-23-18-8-5-13(12-26(18)19)16-7-6-15(22)9-17(16)31-32(4,28)29/h5-9,12,14H,10-11H2,1-4H3. The lowest BCUT2D eigenvalue weighted by molar-refractivity contribution is 0.00743. The van der Waals surface area contributed by atoms with E-state index >= 15 is 0 Å². The summed E-state index contributed by atoms with van der Waals surface area (Å²) in [6.45, 7) is 6.32. The minimum Gasteiger partial charge on any atom is -0.444 e. The van der Waals surface area contributed by atoms with Crippen molar-refractivity contribution in [2.45, 2.75) is 32.3 Å². The highest BCUT2D eigenvalue weighted by molar-refractivity contribution is 7.86. The van der Waals surface area contributed by atoms with E-state index in [4.69, 9.17) is 8.92 Å². The SMILES string of the molecule is CC(C)(C)OC(=O)N1CC(c2nnc3ccc(-c4ccc(F)cc4OS(C)(=O)=O)cn23)C1. The Morgan fingerprint density at radius 1 is 1.16 bits per heavy atom. The third kappa shape index (κ3) is 4.67. The molecule has 0 bridgehead atoms. The lowest BCUT2D eigenvalue weighted by Crippen LogP contribution is -2.50. The molecule has 0 radical (unpaired) electrons. The van der Waals surface area contributed by atoms with Gasteiger partial charge in [0.25, 0.3) is 0 Å². The molecule has 3 aromatic rings. The average Bonchev–Trinajstić information content (AvgIpc) is 3.00. The largest absolute Gasteiger partial charge is 0.444 e. The number of carbonyl (C=O) groups is 1. The van der Waals surface area contributed by atoms with Crippen LogP contribution in [0.4, 0.5) is 9.18 Å². The second kappa shape index (κ2) is 7.73. The van der Waals surface area contributed by atoms with Gasteiger partial charge in [-0.05, 0) is 45.0 Å². The van der Waals surface area contributed by atoms with Crippen LogP contribution >= 0.6 is 0 Å². The van der Waals surface area contributed by atoms with Crippen LogP contribution in [-0.2, 0) is 14.9 Å². The Labute approximate surface area is 184 Å². The molecule has 170 valence electrons. The van der Waals surface area contributed by atoms with Crippen molar-refractivity contribution in [3.8, 4) is 16.9 Å². The van der Waals surface area contributed by atoms with E-state index in [0.29, 0.717) is 35.7 Å². The Kier molecular flexibility index (Phi) is 5.32. The monoisotopic (exact) mass is 462 g/mol. The normalized spacial score (nSPS) is 15.0. The first-order valence-electron chi connectivity index (χ1n) is 9.91. The molecule has 32 heavy (non-hydrogen) atoms. The molecule has 1 aliphatic heterocycles. The van der Waals surface area contributed by atoms with Crippen molar-refractivity contribution in [1.82, 2.24) is 19.5 Å². The molecule has 3 heterocycles. The van der Waals surface area contributed by atoms with Gasteiger partial charge in [-0.2, -0.15) is 8.42 Å². The van der Waals surface area contributed by atoms with Crippen molar-refractivity contribution < 1.29 is 26.5 Å². The molecule has 11 heteroatoms. The summed E-state index contributed by atoms with van der Waals surface area (Å²) in [4.78, 5) is 13.8. The molecule has 1 amide bonds. The molecule has 1 saturated heterocycles. The summed E-state index contributed by atoms with van der Waals surface area (Å²) in [6.07, 6.45) is 2.26. The van der Waals surface area contributed by atoms with Crippen molar-refractivity contribution >= 4 is 21.9 Å². The van der Waals surface area contributed by atoms with Gasteiger partial charge in [-0.3, -0.25) is 4.40 Å². The molecule has 0 aliphatic carbocycles. The first-order valence-corrected chi connectivity index (χ1v) is 11.7. The van der Waals surface area contributed by atoms with Crippen molar-refractivity contribution in [3.05, 3.63) is 48.2 Å². The quantitative estimate of drug-likeness (QED) is 0.549. The van der Waals surface area contributed by atoms with E-state index in [9.17, 15) is 17.6 Å². The minimum atomic E-state index is -3.85. The van der Waals surface area contributed by atoms with E-state index in [1.165, 1.54) is 12.1 Å². The highest BCUT2D eigenvalue weighted by Gasteiger charge is 2.37. The lowest BCUT2D eigenvalue weighted by Gasteiger charge is -2.38. The van der Waals surface area contributed by atoms with E-state index in [-0.39, 0.29) is 17.8 Å². The van der Waals surface area contributed by atoms with E-state index in [1.54, 1.807) is 27.6 Å². The van der Waals surface area contributed by atoms with Crippen LogP contribution in [-0.4, -0.2) is 59.0 Å². The van der Waals surface area contributed by atoms with Crippen LogP contribution < -0.4 is 4.18 Å². The predicted octanol–water partition coefficient (Wildman–Crippen LogP) is 3.21. The van der Waals surface area contributed by atoms with Crippen LogP contribution in [0.2, 0.25) is 0 Å². The number of hydrogen-bond acceptors (Lipinski definition) is 7. The Balaban J connectivity index is 1.62. The maximum atomic E-state index is 13.7. The molecule has 1 aromatic carbocycles. The maximum absolute atomic E-state index is 13.7. The fraction of sp³-hybridized carbons (Fsp3) is 0.381. The average molecular weight is 463 g/mol. The number of amides is 1. The molecular formula is C21H23FN4O5S. The van der Waals surface area contributed by atoms with Crippen molar-refractivity contribution in [3.63, 3.8) is 0 Å². The smallest absolute Gasteiger partial charge is 0.410 e. The highest BCUT2D eigenvalue weighted by atomic mass is 32.2. The van der Waals surface area contributed by atoms with Gasteiger partial charge < -0.3 is 13.8 Å². The van der Waals surface area contributed by atoms with Gasteiger partial charge in [0.1, 0.15) is 17.2 Å². The Morgan fingerprint density at radius 3 is 2.53 bits per heavy atom. The van der Waals surface area contributed by atoms with E-state index in [2.05, 4.69) is 10.2 Å². The first kappa shape index (κ1) is 22.0. The number of aromatic nitrogens is 3. The third-order valence-corrected chi connectivity index (χ3v) is 5.31. The molecule has 0 spiro atoms. The Hall–Kier alpha value is -3.21. The molecule has 0 atom stereocenters. The lowest BCUT2D eigenvalue weighted by atomic mass is 10.00. The molecule has 0 saturated carbocycles. The molecular weight excluding hydrogens is 439 g/mol. The van der Waals surface area contributed by atoms with Crippen LogP contribution in [0, 0.1) is 5.82 Å². The number of halogens is 1. The number of hydrogen-bond donors (Lipinski definition) is 0. The molecule has 0 unspecified atom stereocenters. The highest BCUT2D eigenvalue weighted by Crippen LogP contribution is 2.33. The van der Waals surface area contributed by atoms with Gasteiger partial charge in [0.15, 0.2) is 11.4 Å². The van der Waals surface area contributed by atoms with Crippen molar-refractivity contribution in [1.29, 1.82) is 0 Å². The maximum Gasteiger partial charge on any atom is 0.410 e. The number of pyridine rings is 1. The van der Waals surface area contributed by atoms with Crippen molar-refractivity contribution in [2.75, 3.05) is 19.3 Å². The van der Waals surface area contributed by atoms with Crippen LogP contribution in [0.1, 0.15) is 32.5 Å². The fourth-order valence-electron chi connectivity index (χ4n) is 3.43. The number of likely N-dealkylation sites (tertiary alicyclic amines) is 1. The van der Waals surface area contributed by atoms with E-state index < -0.39 is 21.5 Å². The number of benzene rings is 1. The van der Waals surface area contributed by atoms with Crippen LogP contribution in [0.15, 0.2) is 36.5 Å². The summed E-state index contributed by atoms with van der Waals surface area (Å²) in [5.41, 5.74) is 1.02. The molecule has 4 rings (SSSR count). The van der Waals surface area contributed by atoms with Gasteiger partial charge in [0.2, 0.25) is 0 Å². The summed E-state index contributed by atoms with van der Waals surface area (Å²) >= 11 is 0. The van der Waals surface area contributed by atoms with Gasteiger partial charge in [-0.25, -0.2) is 9.18 Å². The molecule has 2 aromatic heterocycles. The van der Waals surface area contributed by atoms with Crippen LogP contribution in [0.25, 0.3) is 16.8 Å². The first-order chi connectivity index (χ1) is 14.9. The zero-order valence-corrected chi connectivity index (χ0v) is 18.9. The van der Waals surface area contributed by atoms with Gasteiger partial charge in [0.05, 0.1) is 12.2 Å². The van der Waals surface area contributed by atoms with Gasteiger partial charge in [-0.1, -0.05) is 0 Å². The summed E-state index contributed by atoms with van der Waals surface area (Å²) in [5.74, 6) is -0.0986. The van der Waals surface area contributed by atoms with Crippen LogP contribution in [0.5, 0.6) is 5.75 Å². The summed E-state index contributed by atoms with van der Waals surface area (Å²) in [6, 6.07) is 7.16. The third-order valence-electron chi connectivity index (χ3n) is 4.82. The summed E-state index contributed by atoms with van der Waals surface area (Å²) in [7, 11) is -3.85. The number of ether oxygens (including phenoxy) is 1. The Morgan fingerprint density at radius 2 is 1.88 bits per heavy atom. The topological polar surface area (TPSA) is 103 Å². The summed E-state index contributed by atoms with van der Waals surface area (Å²) < 4.78 is 49.1. The fourth-order valence-corrected chi connectivity index (χ4v) is 3.89. The van der Waals surface area contributed by atoms with Gasteiger partial charge in [0, 0.05) is 36.5 Å². The minimum absolute atomic E-state index is 0.0345. The van der Waals surface area contributed by atoms with E-state index in [0.717, 1.165) is 12.3 Å². The van der Waals surface area contributed by atoms with Gasteiger partial charge in [-0.15, -0.1) is 10.2 Å². The molecule has 1 fully saturated rings. The second-order valence-electron chi connectivity index (χ2n) is 8.71.